The van der Waals surface area contributed by atoms with Gasteiger partial charge in [0.1, 0.15) is 19.0 Å². The third-order valence-corrected chi connectivity index (χ3v) is 4.15. The highest BCUT2D eigenvalue weighted by Gasteiger charge is 2.22. The second-order valence-corrected chi connectivity index (χ2v) is 6.80. The Morgan fingerprint density at radius 3 is 2.46 bits per heavy atom. The number of carbonyl (C=O) groups excluding carboxylic acids is 2. The Morgan fingerprint density at radius 1 is 1.19 bits per heavy atom. The van der Waals surface area contributed by atoms with Crippen LogP contribution in [0.4, 0.5) is 0 Å². The molecule has 2 amide bonds. The lowest BCUT2D eigenvalue weighted by Gasteiger charge is -2.31. The molecule has 0 bridgehead atoms. The first-order chi connectivity index (χ1) is 12.3. The monoisotopic (exact) mass is 360 g/mol. The Bertz CT molecular complexity index is 759. The molecule has 26 heavy (non-hydrogen) atoms. The molecule has 0 saturated heterocycles. The third kappa shape index (κ3) is 4.60. The first-order valence-corrected chi connectivity index (χ1v) is 8.86. The molecule has 1 aromatic carbocycles. The Hall–Kier alpha value is -2.41. The summed E-state index contributed by atoms with van der Waals surface area (Å²) in [5.41, 5.74) is 1.68. The molecule has 0 spiro atoms. The zero-order chi connectivity index (χ0) is 19.3. The van der Waals surface area contributed by atoms with E-state index in [9.17, 15) is 9.59 Å². The molecule has 1 heterocycles. The van der Waals surface area contributed by atoms with E-state index in [-0.39, 0.29) is 43.6 Å². The summed E-state index contributed by atoms with van der Waals surface area (Å²) in [5, 5.41) is 2.78. The Morgan fingerprint density at radius 2 is 1.85 bits per heavy atom. The lowest BCUT2D eigenvalue weighted by atomic mass is 10.2. The number of ether oxygens (including phenoxy) is 1. The number of rotatable bonds is 8. The van der Waals surface area contributed by atoms with Crippen LogP contribution in [0.3, 0.4) is 0 Å². The highest BCUT2D eigenvalue weighted by atomic mass is 16.5. The van der Waals surface area contributed by atoms with Crippen LogP contribution in [0.1, 0.15) is 33.5 Å². The molecule has 1 N–H and O–H groups in total. The smallest absolute Gasteiger partial charge is 0.246 e. The van der Waals surface area contributed by atoms with E-state index in [1.165, 1.54) is 7.11 Å². The molecule has 0 aliphatic rings. The third-order valence-electron chi connectivity index (χ3n) is 4.15. The molecule has 0 fully saturated rings. The number of para-hydroxylation sites is 2. The number of aromatic nitrogens is 2. The number of imidazole rings is 1. The van der Waals surface area contributed by atoms with Crippen LogP contribution in [0.2, 0.25) is 0 Å². The fraction of sp³-hybridized carbons (Fsp3) is 0.526. The number of amides is 2. The van der Waals surface area contributed by atoms with Gasteiger partial charge in [0, 0.05) is 19.2 Å². The molecule has 0 aliphatic heterocycles. The second kappa shape index (κ2) is 8.80. The first kappa shape index (κ1) is 19.9. The molecule has 0 unspecified atom stereocenters. The van der Waals surface area contributed by atoms with Crippen LogP contribution < -0.4 is 5.32 Å². The van der Waals surface area contributed by atoms with Gasteiger partial charge in [0.2, 0.25) is 11.8 Å². The van der Waals surface area contributed by atoms with E-state index in [0.717, 1.165) is 11.0 Å². The lowest BCUT2D eigenvalue weighted by molar-refractivity contribution is -0.135. The van der Waals surface area contributed by atoms with Crippen molar-refractivity contribution in [2.75, 3.05) is 13.7 Å². The maximum atomic E-state index is 12.9. The summed E-state index contributed by atoms with van der Waals surface area (Å²) < 4.78 is 6.71. The van der Waals surface area contributed by atoms with Crippen LogP contribution in [-0.4, -0.2) is 52.1 Å². The fourth-order valence-electron chi connectivity index (χ4n) is 3.19. The maximum absolute atomic E-state index is 12.9. The predicted octanol–water partition coefficient (Wildman–Crippen LogP) is 1.94. The van der Waals surface area contributed by atoms with Crippen molar-refractivity contribution in [3.8, 4) is 0 Å². The van der Waals surface area contributed by atoms with Gasteiger partial charge in [0.15, 0.2) is 0 Å². The van der Waals surface area contributed by atoms with Crippen LogP contribution in [-0.2, 0) is 27.4 Å². The number of fused-ring (bicyclic) bond motifs is 1. The lowest BCUT2D eigenvalue weighted by Crippen LogP contribution is -2.44. The molecule has 7 nitrogen and oxygen atoms in total. The molecule has 2 rings (SSSR count). The number of methoxy groups -OCH3 is 1. The van der Waals surface area contributed by atoms with Crippen LogP contribution in [0.5, 0.6) is 0 Å². The van der Waals surface area contributed by atoms with Crippen LogP contribution in [0.25, 0.3) is 11.0 Å². The number of carbonyl (C=O) groups is 2. The summed E-state index contributed by atoms with van der Waals surface area (Å²) in [5.74, 6) is 0.461. The fourth-order valence-corrected chi connectivity index (χ4v) is 3.19. The van der Waals surface area contributed by atoms with E-state index in [2.05, 4.69) is 10.3 Å². The summed E-state index contributed by atoms with van der Waals surface area (Å²) in [6, 6.07) is 7.89. The first-order valence-electron chi connectivity index (χ1n) is 8.86. The summed E-state index contributed by atoms with van der Waals surface area (Å²) >= 11 is 0. The molecule has 0 saturated carbocycles. The molecular formula is C19H28N4O3. The molecule has 1 aromatic heterocycles. The van der Waals surface area contributed by atoms with Gasteiger partial charge in [-0.05, 0) is 39.8 Å². The largest absolute Gasteiger partial charge is 0.375 e. The van der Waals surface area contributed by atoms with E-state index in [1.54, 1.807) is 0 Å². The van der Waals surface area contributed by atoms with Gasteiger partial charge in [0.05, 0.1) is 17.6 Å². The van der Waals surface area contributed by atoms with Crippen LogP contribution in [0, 0.1) is 0 Å². The topological polar surface area (TPSA) is 76.5 Å². The number of nitrogens with one attached hydrogen (secondary N) is 1. The van der Waals surface area contributed by atoms with Gasteiger partial charge >= 0.3 is 0 Å². The van der Waals surface area contributed by atoms with Gasteiger partial charge in [-0.1, -0.05) is 12.1 Å². The highest BCUT2D eigenvalue weighted by molar-refractivity contribution is 5.82. The molecule has 2 aromatic rings. The number of hydrogen-bond donors (Lipinski definition) is 1. The maximum Gasteiger partial charge on any atom is 0.246 e. The van der Waals surface area contributed by atoms with Crippen molar-refractivity contribution < 1.29 is 14.3 Å². The standard InChI is InChI=1S/C19H28N4O3/c1-13(2)23(14(3)4)19(25)11-22-16-9-7-6-8-15(16)21-17(22)10-20-18(24)12-26-5/h6-9,13-14H,10-12H2,1-5H3,(H,20,24). The van der Waals surface area contributed by atoms with Crippen molar-refractivity contribution in [3.05, 3.63) is 30.1 Å². The zero-order valence-electron chi connectivity index (χ0n) is 16.2. The van der Waals surface area contributed by atoms with E-state index < -0.39 is 0 Å². The van der Waals surface area contributed by atoms with Gasteiger partial charge in [-0.15, -0.1) is 0 Å². The van der Waals surface area contributed by atoms with Gasteiger partial charge in [-0.25, -0.2) is 4.98 Å². The van der Waals surface area contributed by atoms with Crippen molar-refractivity contribution in [3.63, 3.8) is 0 Å². The van der Waals surface area contributed by atoms with Crippen LogP contribution in [0.15, 0.2) is 24.3 Å². The minimum Gasteiger partial charge on any atom is -0.375 e. The Kier molecular flexibility index (Phi) is 6.74. The SMILES string of the molecule is COCC(=O)NCc1nc2ccccc2n1CC(=O)N(C(C)C)C(C)C. The van der Waals surface area contributed by atoms with Crippen molar-refractivity contribution in [2.45, 2.75) is 52.9 Å². The van der Waals surface area contributed by atoms with Crippen molar-refractivity contribution in [2.24, 2.45) is 0 Å². The molecule has 0 aliphatic carbocycles. The summed E-state index contributed by atoms with van der Waals surface area (Å²) in [4.78, 5) is 31.1. The van der Waals surface area contributed by atoms with E-state index in [1.807, 2.05) is 61.4 Å². The van der Waals surface area contributed by atoms with Gasteiger partial charge in [0.25, 0.3) is 0 Å². The van der Waals surface area contributed by atoms with Crippen molar-refractivity contribution in [1.82, 2.24) is 19.8 Å². The minimum absolute atomic E-state index is 0.00631. The molecule has 0 atom stereocenters. The highest BCUT2D eigenvalue weighted by Crippen LogP contribution is 2.17. The quantitative estimate of drug-likeness (QED) is 0.781. The molecule has 142 valence electrons. The minimum atomic E-state index is -0.219. The zero-order valence-corrected chi connectivity index (χ0v) is 16.2. The molecule has 7 heteroatoms. The second-order valence-electron chi connectivity index (χ2n) is 6.80. The summed E-state index contributed by atoms with van der Waals surface area (Å²) in [7, 11) is 1.47. The number of nitrogens with zero attached hydrogens (tertiary/aromatic N) is 3. The van der Waals surface area contributed by atoms with E-state index >= 15 is 0 Å². The predicted molar refractivity (Wildman–Crippen MR) is 101 cm³/mol. The Balaban J connectivity index is 2.30. The van der Waals surface area contributed by atoms with Gasteiger partial charge < -0.3 is 19.5 Å². The summed E-state index contributed by atoms with van der Waals surface area (Å²) in [6.07, 6.45) is 0. The van der Waals surface area contributed by atoms with Crippen LogP contribution >= 0.6 is 0 Å². The molecular weight excluding hydrogens is 332 g/mol. The summed E-state index contributed by atoms with van der Waals surface area (Å²) in [6.45, 7) is 8.46. The van der Waals surface area contributed by atoms with Gasteiger partial charge in [-0.3, -0.25) is 9.59 Å². The normalized spacial score (nSPS) is 11.3. The van der Waals surface area contributed by atoms with Crippen molar-refractivity contribution >= 4 is 22.8 Å². The van der Waals surface area contributed by atoms with Crippen molar-refractivity contribution in [1.29, 1.82) is 0 Å². The average molecular weight is 360 g/mol. The van der Waals surface area contributed by atoms with E-state index in [4.69, 9.17) is 4.74 Å². The van der Waals surface area contributed by atoms with Gasteiger partial charge in [-0.2, -0.15) is 0 Å². The molecule has 0 radical (unpaired) electrons. The van der Waals surface area contributed by atoms with E-state index in [0.29, 0.717) is 5.82 Å². The Labute approximate surface area is 154 Å². The average Bonchev–Trinajstić information content (AvgIpc) is 2.90. The number of hydrogen-bond acceptors (Lipinski definition) is 4. The number of benzene rings is 1.